The van der Waals surface area contributed by atoms with Crippen LogP contribution in [0.25, 0.3) is 5.83 Å². The Bertz CT molecular complexity index is 250. The maximum absolute atomic E-state index is 12.4. The number of halogens is 2. The van der Waals surface area contributed by atoms with Crippen LogP contribution in [0.1, 0.15) is 9.75 Å². The van der Waals surface area contributed by atoms with Gasteiger partial charge in [0.25, 0.3) is 0 Å². The van der Waals surface area contributed by atoms with Crippen LogP contribution in [0.3, 0.4) is 0 Å². The van der Waals surface area contributed by atoms with Gasteiger partial charge in [-0.05, 0) is 19.1 Å². The topological polar surface area (TPSA) is 0 Å². The van der Waals surface area contributed by atoms with Crippen molar-refractivity contribution in [1.82, 2.24) is 0 Å². The standard InChI is InChI=1S/C7H6F2S/c1-5-2-3-7(10-5)6(9)4-8/h2-4H,1H3/b6-4+. The fourth-order valence-corrected chi connectivity index (χ4v) is 1.38. The maximum atomic E-state index is 12.4. The highest BCUT2D eigenvalue weighted by atomic mass is 32.1. The normalized spacial score (nSPS) is 12.1. The first kappa shape index (κ1) is 7.41. The van der Waals surface area contributed by atoms with E-state index in [2.05, 4.69) is 0 Å². The van der Waals surface area contributed by atoms with Gasteiger partial charge in [0.1, 0.15) is 6.33 Å². The van der Waals surface area contributed by atoms with Gasteiger partial charge in [0.15, 0.2) is 5.83 Å². The summed E-state index contributed by atoms with van der Waals surface area (Å²) in [7, 11) is 0. The molecule has 0 aliphatic carbocycles. The maximum Gasteiger partial charge on any atom is 0.168 e. The van der Waals surface area contributed by atoms with E-state index in [1.165, 1.54) is 11.3 Å². The molecule has 1 aromatic heterocycles. The molecule has 1 aromatic rings. The van der Waals surface area contributed by atoms with E-state index in [1.807, 2.05) is 6.92 Å². The molecule has 0 radical (unpaired) electrons. The molecule has 0 bridgehead atoms. The Hall–Kier alpha value is -0.700. The van der Waals surface area contributed by atoms with Gasteiger partial charge in [-0.15, -0.1) is 11.3 Å². The van der Waals surface area contributed by atoms with Crippen molar-refractivity contribution in [3.63, 3.8) is 0 Å². The summed E-state index contributed by atoms with van der Waals surface area (Å²) < 4.78 is 23.9. The molecule has 0 spiro atoms. The van der Waals surface area contributed by atoms with Gasteiger partial charge in [-0.25, -0.2) is 8.78 Å². The first-order valence-electron chi connectivity index (χ1n) is 2.76. The third kappa shape index (κ3) is 1.42. The van der Waals surface area contributed by atoms with Crippen molar-refractivity contribution in [3.05, 3.63) is 28.2 Å². The van der Waals surface area contributed by atoms with Gasteiger partial charge in [0.2, 0.25) is 0 Å². The highest BCUT2D eigenvalue weighted by Gasteiger charge is 2.01. The zero-order valence-corrected chi connectivity index (χ0v) is 6.21. The monoisotopic (exact) mass is 160 g/mol. The van der Waals surface area contributed by atoms with E-state index in [1.54, 1.807) is 12.1 Å². The predicted octanol–water partition coefficient (Wildman–Crippen LogP) is 3.29. The minimum atomic E-state index is -0.793. The van der Waals surface area contributed by atoms with Crippen molar-refractivity contribution in [2.24, 2.45) is 0 Å². The summed E-state index contributed by atoms with van der Waals surface area (Å²) in [6, 6.07) is 3.31. The lowest BCUT2D eigenvalue weighted by atomic mass is 10.4. The molecule has 1 rings (SSSR count). The van der Waals surface area contributed by atoms with Gasteiger partial charge in [-0.1, -0.05) is 0 Å². The van der Waals surface area contributed by atoms with Crippen LogP contribution in [-0.4, -0.2) is 0 Å². The summed E-state index contributed by atoms with van der Waals surface area (Å²) in [5, 5.41) is 0. The largest absolute Gasteiger partial charge is 0.212 e. The lowest BCUT2D eigenvalue weighted by Crippen LogP contribution is -1.63. The SMILES string of the molecule is Cc1ccc(/C(F)=C\F)s1. The quantitative estimate of drug-likeness (QED) is 0.591. The number of hydrogen-bond acceptors (Lipinski definition) is 1. The molecule has 0 fully saturated rings. The molecule has 54 valence electrons. The van der Waals surface area contributed by atoms with Crippen molar-refractivity contribution in [2.75, 3.05) is 0 Å². The Balaban J connectivity index is 2.95. The first-order valence-corrected chi connectivity index (χ1v) is 3.58. The molecule has 0 aromatic carbocycles. The van der Waals surface area contributed by atoms with Crippen LogP contribution in [0.5, 0.6) is 0 Å². The van der Waals surface area contributed by atoms with Crippen LogP contribution < -0.4 is 0 Å². The molecule has 0 nitrogen and oxygen atoms in total. The van der Waals surface area contributed by atoms with Crippen LogP contribution in [0.15, 0.2) is 18.5 Å². The Labute approximate surface area is 61.8 Å². The van der Waals surface area contributed by atoms with Crippen molar-refractivity contribution >= 4 is 17.2 Å². The number of hydrogen-bond donors (Lipinski definition) is 0. The molecule has 0 amide bonds. The fourth-order valence-electron chi connectivity index (χ4n) is 0.617. The zero-order chi connectivity index (χ0) is 7.56. The molecule has 1 heterocycles. The summed E-state index contributed by atoms with van der Waals surface area (Å²) in [5.41, 5.74) is 0. The molecular formula is C7H6F2S. The highest BCUT2D eigenvalue weighted by Crippen LogP contribution is 2.24. The number of aryl methyl sites for hydroxylation is 1. The van der Waals surface area contributed by atoms with E-state index < -0.39 is 5.83 Å². The highest BCUT2D eigenvalue weighted by molar-refractivity contribution is 7.12. The number of thiophene rings is 1. The molecule has 0 saturated heterocycles. The smallest absolute Gasteiger partial charge is 0.168 e. The van der Waals surface area contributed by atoms with Gasteiger partial charge >= 0.3 is 0 Å². The van der Waals surface area contributed by atoms with Crippen LogP contribution in [0.4, 0.5) is 8.78 Å². The van der Waals surface area contributed by atoms with Crippen molar-refractivity contribution < 1.29 is 8.78 Å². The van der Waals surface area contributed by atoms with Crippen molar-refractivity contribution in [3.8, 4) is 0 Å². The molecular weight excluding hydrogens is 154 g/mol. The second-order valence-electron chi connectivity index (χ2n) is 1.87. The minimum absolute atomic E-state index is 0.0225. The van der Waals surface area contributed by atoms with E-state index in [4.69, 9.17) is 0 Å². The van der Waals surface area contributed by atoms with Crippen LogP contribution in [-0.2, 0) is 0 Å². The lowest BCUT2D eigenvalue weighted by molar-refractivity contribution is 0.673. The zero-order valence-electron chi connectivity index (χ0n) is 5.40. The van der Waals surface area contributed by atoms with Crippen molar-refractivity contribution in [2.45, 2.75) is 6.92 Å². The Morgan fingerprint density at radius 1 is 1.60 bits per heavy atom. The van der Waals surface area contributed by atoms with Crippen LogP contribution >= 0.6 is 11.3 Å². The predicted molar refractivity (Wildman–Crippen MR) is 39.2 cm³/mol. The molecule has 0 atom stereocenters. The second-order valence-corrected chi connectivity index (χ2v) is 3.16. The molecule has 3 heteroatoms. The van der Waals surface area contributed by atoms with Gasteiger partial charge in [-0.2, -0.15) is 0 Å². The van der Waals surface area contributed by atoms with Crippen LogP contribution in [0.2, 0.25) is 0 Å². The third-order valence-corrected chi connectivity index (χ3v) is 2.08. The summed E-state index contributed by atoms with van der Waals surface area (Å²) in [6.07, 6.45) is -0.0225. The molecule has 0 aliphatic rings. The molecule has 0 N–H and O–H groups in total. The third-order valence-electron chi connectivity index (χ3n) is 1.07. The van der Waals surface area contributed by atoms with Gasteiger partial charge in [0.05, 0.1) is 4.88 Å². The Morgan fingerprint density at radius 3 is 2.70 bits per heavy atom. The number of rotatable bonds is 1. The van der Waals surface area contributed by atoms with E-state index in [9.17, 15) is 8.78 Å². The molecule has 0 aliphatic heterocycles. The summed E-state index contributed by atoms with van der Waals surface area (Å²) in [5.74, 6) is -0.793. The van der Waals surface area contributed by atoms with Crippen LogP contribution in [0, 0.1) is 6.92 Å². The second kappa shape index (κ2) is 2.92. The summed E-state index contributed by atoms with van der Waals surface area (Å²) >= 11 is 1.24. The van der Waals surface area contributed by atoms with Crippen molar-refractivity contribution in [1.29, 1.82) is 0 Å². The summed E-state index contributed by atoms with van der Waals surface area (Å²) in [4.78, 5) is 1.33. The Morgan fingerprint density at radius 2 is 2.30 bits per heavy atom. The lowest BCUT2D eigenvalue weighted by Gasteiger charge is -1.84. The van der Waals surface area contributed by atoms with E-state index in [0.717, 1.165) is 4.88 Å². The average Bonchev–Trinajstić information content (AvgIpc) is 2.34. The van der Waals surface area contributed by atoms with E-state index >= 15 is 0 Å². The average molecular weight is 160 g/mol. The van der Waals surface area contributed by atoms with E-state index in [0.29, 0.717) is 4.88 Å². The Kier molecular flexibility index (Phi) is 2.17. The molecule has 0 saturated carbocycles. The van der Waals surface area contributed by atoms with Gasteiger partial charge < -0.3 is 0 Å². The van der Waals surface area contributed by atoms with Gasteiger partial charge in [0, 0.05) is 4.88 Å². The van der Waals surface area contributed by atoms with Gasteiger partial charge in [-0.3, -0.25) is 0 Å². The summed E-state index contributed by atoms with van der Waals surface area (Å²) in [6.45, 7) is 1.85. The minimum Gasteiger partial charge on any atom is -0.212 e. The van der Waals surface area contributed by atoms with E-state index in [-0.39, 0.29) is 6.33 Å². The fraction of sp³-hybridized carbons (Fsp3) is 0.143. The first-order chi connectivity index (χ1) is 4.74. The molecule has 10 heavy (non-hydrogen) atoms. The molecule has 0 unspecified atom stereocenters.